The second kappa shape index (κ2) is 8.43. The molecule has 0 unspecified atom stereocenters. The number of halogens is 1. The highest BCUT2D eigenvalue weighted by Crippen LogP contribution is 2.27. The van der Waals surface area contributed by atoms with E-state index in [-0.39, 0.29) is 15.8 Å². The van der Waals surface area contributed by atoms with Crippen molar-refractivity contribution in [3.05, 3.63) is 47.4 Å². The summed E-state index contributed by atoms with van der Waals surface area (Å²) in [5, 5.41) is 2.77. The van der Waals surface area contributed by atoms with Gasteiger partial charge in [-0.05, 0) is 43.3 Å². The molecule has 3 rings (SSSR count). The number of benzene rings is 1. The minimum Gasteiger partial charge on any atom is -0.468 e. The van der Waals surface area contributed by atoms with Gasteiger partial charge in [-0.2, -0.15) is 4.31 Å². The van der Waals surface area contributed by atoms with E-state index in [2.05, 4.69) is 10.2 Å². The fourth-order valence-electron chi connectivity index (χ4n) is 3.07. The molecule has 1 N–H and O–H groups in total. The number of nitrogens with zero attached hydrogens (tertiary/aromatic N) is 2. The fourth-order valence-corrected chi connectivity index (χ4v) is 4.85. The number of sulfonamides is 1. The zero-order valence-electron chi connectivity index (χ0n) is 15.0. The Labute approximate surface area is 163 Å². The summed E-state index contributed by atoms with van der Waals surface area (Å²) < 4.78 is 32.8. The number of hydrogen-bond acceptors (Lipinski definition) is 5. The Morgan fingerprint density at radius 1 is 1.22 bits per heavy atom. The number of nitrogens with one attached hydrogen (secondary N) is 1. The largest absolute Gasteiger partial charge is 0.468 e. The number of hydrogen-bond donors (Lipinski definition) is 1. The first-order valence-corrected chi connectivity index (χ1v) is 10.5. The van der Waals surface area contributed by atoms with Gasteiger partial charge in [-0.25, -0.2) is 8.42 Å². The summed E-state index contributed by atoms with van der Waals surface area (Å²) in [4.78, 5) is 13.5. The van der Waals surface area contributed by atoms with E-state index in [0.29, 0.717) is 31.9 Å². The van der Waals surface area contributed by atoms with Crippen LogP contribution in [0.5, 0.6) is 0 Å². The molecule has 1 aliphatic heterocycles. The first kappa shape index (κ1) is 19.9. The van der Waals surface area contributed by atoms with Crippen LogP contribution in [0.15, 0.2) is 45.9 Å². The molecule has 0 aliphatic carbocycles. The van der Waals surface area contributed by atoms with Gasteiger partial charge in [0.15, 0.2) is 0 Å². The summed E-state index contributed by atoms with van der Waals surface area (Å²) in [5.74, 6) is 0.600. The van der Waals surface area contributed by atoms with Crippen molar-refractivity contribution in [2.75, 3.05) is 31.5 Å². The van der Waals surface area contributed by atoms with Crippen molar-refractivity contribution in [2.24, 2.45) is 0 Å². The lowest BCUT2D eigenvalue weighted by atomic mass is 10.3. The maximum absolute atomic E-state index is 13.0. The molecule has 1 fully saturated rings. The molecule has 1 aliphatic rings. The van der Waals surface area contributed by atoms with Crippen molar-refractivity contribution in [1.82, 2.24) is 9.21 Å². The van der Waals surface area contributed by atoms with Gasteiger partial charge >= 0.3 is 0 Å². The predicted octanol–water partition coefficient (Wildman–Crippen LogP) is 2.79. The van der Waals surface area contributed by atoms with Crippen LogP contribution < -0.4 is 5.32 Å². The molecule has 9 heteroatoms. The minimum absolute atomic E-state index is 0.126. The zero-order valence-corrected chi connectivity index (χ0v) is 16.6. The van der Waals surface area contributed by atoms with Gasteiger partial charge in [0.1, 0.15) is 5.76 Å². The normalized spacial score (nSPS) is 16.8. The number of furan rings is 1. The molecule has 2 aromatic rings. The lowest BCUT2D eigenvalue weighted by molar-refractivity contribution is -0.114. The second-order valence-electron chi connectivity index (χ2n) is 6.44. The molecular weight excluding hydrogens is 390 g/mol. The lowest BCUT2D eigenvalue weighted by Gasteiger charge is -2.21. The van der Waals surface area contributed by atoms with Crippen molar-refractivity contribution in [1.29, 1.82) is 0 Å². The number of amides is 1. The summed E-state index contributed by atoms with van der Waals surface area (Å²) in [6.45, 7) is 4.30. The van der Waals surface area contributed by atoms with E-state index in [1.807, 2.05) is 12.1 Å². The molecule has 0 radical (unpaired) electrons. The number of carbonyl (C=O) groups excluding carboxylic acids is 1. The Morgan fingerprint density at radius 2 is 2.04 bits per heavy atom. The fraction of sp³-hybridized carbons (Fsp3) is 0.389. The maximum atomic E-state index is 13.0. The van der Waals surface area contributed by atoms with Gasteiger partial charge in [-0.15, -0.1) is 0 Å². The van der Waals surface area contributed by atoms with E-state index in [1.165, 1.54) is 29.4 Å². The van der Waals surface area contributed by atoms with Crippen molar-refractivity contribution in [3.8, 4) is 0 Å². The van der Waals surface area contributed by atoms with Gasteiger partial charge in [0.2, 0.25) is 15.9 Å². The number of rotatable bonds is 5. The molecule has 1 amide bonds. The molecular formula is C18H22ClN3O4S. The molecule has 146 valence electrons. The van der Waals surface area contributed by atoms with Crippen LogP contribution >= 0.6 is 11.6 Å². The summed E-state index contributed by atoms with van der Waals surface area (Å²) >= 11 is 6.14. The second-order valence-corrected chi connectivity index (χ2v) is 8.78. The van der Waals surface area contributed by atoms with Gasteiger partial charge < -0.3 is 9.73 Å². The first-order chi connectivity index (χ1) is 12.9. The number of carbonyl (C=O) groups is 1. The van der Waals surface area contributed by atoms with E-state index >= 15 is 0 Å². The van der Waals surface area contributed by atoms with Crippen LogP contribution in [0.2, 0.25) is 5.02 Å². The van der Waals surface area contributed by atoms with Crippen molar-refractivity contribution in [2.45, 2.75) is 24.8 Å². The zero-order chi connectivity index (χ0) is 19.4. The first-order valence-electron chi connectivity index (χ1n) is 8.68. The molecule has 0 saturated carbocycles. The van der Waals surface area contributed by atoms with Gasteiger partial charge in [0.05, 0.1) is 28.4 Å². The smallest absolute Gasteiger partial charge is 0.243 e. The van der Waals surface area contributed by atoms with Crippen molar-refractivity contribution >= 4 is 33.2 Å². The van der Waals surface area contributed by atoms with Gasteiger partial charge in [-0.3, -0.25) is 9.69 Å². The Balaban J connectivity index is 1.71. The standard InChI is InChI=1S/C18H22ClN3O4S/c1-14(23)20-18-6-5-16(12-17(18)19)27(24,25)22-8-3-7-21(9-10-22)13-15-4-2-11-26-15/h2,4-6,11-12H,3,7-10,13H2,1H3,(H,20,23). The van der Waals surface area contributed by atoms with Crippen LogP contribution in [0.4, 0.5) is 5.69 Å². The van der Waals surface area contributed by atoms with Crippen molar-refractivity contribution in [3.63, 3.8) is 0 Å². The van der Waals surface area contributed by atoms with E-state index in [9.17, 15) is 13.2 Å². The molecule has 7 nitrogen and oxygen atoms in total. The molecule has 0 atom stereocenters. The van der Waals surface area contributed by atoms with Gasteiger partial charge in [0, 0.05) is 26.6 Å². The van der Waals surface area contributed by atoms with E-state index in [0.717, 1.165) is 18.7 Å². The Bertz CT molecular complexity index is 899. The van der Waals surface area contributed by atoms with E-state index in [4.69, 9.17) is 16.0 Å². The quantitative estimate of drug-likeness (QED) is 0.817. The lowest BCUT2D eigenvalue weighted by Crippen LogP contribution is -2.35. The maximum Gasteiger partial charge on any atom is 0.243 e. The average molecular weight is 412 g/mol. The van der Waals surface area contributed by atoms with Gasteiger partial charge in [-0.1, -0.05) is 11.6 Å². The molecule has 0 spiro atoms. The molecule has 1 aromatic heterocycles. The number of anilines is 1. The summed E-state index contributed by atoms with van der Waals surface area (Å²) in [5.41, 5.74) is 0.392. The van der Waals surface area contributed by atoms with Crippen LogP contribution in [0.3, 0.4) is 0 Å². The Morgan fingerprint density at radius 3 is 2.70 bits per heavy atom. The summed E-state index contributed by atoms with van der Waals surface area (Å²) in [6, 6.07) is 8.12. The average Bonchev–Trinajstić information content (AvgIpc) is 3.00. The topological polar surface area (TPSA) is 82.9 Å². The van der Waals surface area contributed by atoms with Crippen LogP contribution in [0.1, 0.15) is 19.1 Å². The molecule has 2 heterocycles. The highest BCUT2D eigenvalue weighted by Gasteiger charge is 2.27. The molecule has 27 heavy (non-hydrogen) atoms. The predicted molar refractivity (Wildman–Crippen MR) is 103 cm³/mol. The molecule has 1 saturated heterocycles. The third kappa shape index (κ3) is 4.90. The summed E-state index contributed by atoms with van der Waals surface area (Å²) in [7, 11) is -3.65. The van der Waals surface area contributed by atoms with Gasteiger partial charge in [0.25, 0.3) is 0 Å². The molecule has 1 aromatic carbocycles. The SMILES string of the molecule is CC(=O)Nc1ccc(S(=O)(=O)N2CCCN(Cc3ccco3)CC2)cc1Cl. The highest BCUT2D eigenvalue weighted by atomic mass is 35.5. The van der Waals surface area contributed by atoms with Crippen molar-refractivity contribution < 1.29 is 17.6 Å². The van der Waals surface area contributed by atoms with E-state index < -0.39 is 10.0 Å². The third-order valence-corrected chi connectivity index (χ3v) is 6.60. The van der Waals surface area contributed by atoms with E-state index in [1.54, 1.807) is 6.26 Å². The van der Waals surface area contributed by atoms with Crippen LogP contribution in [0.25, 0.3) is 0 Å². The summed E-state index contributed by atoms with van der Waals surface area (Å²) in [6.07, 6.45) is 2.37. The van der Waals surface area contributed by atoms with Crippen LogP contribution in [-0.4, -0.2) is 49.7 Å². The monoisotopic (exact) mass is 411 g/mol. The molecule has 0 bridgehead atoms. The minimum atomic E-state index is -3.65. The van der Waals surface area contributed by atoms with Crippen LogP contribution in [0, 0.1) is 0 Å². The van der Waals surface area contributed by atoms with Crippen LogP contribution in [-0.2, 0) is 21.4 Å². The third-order valence-electron chi connectivity index (χ3n) is 4.40. The highest BCUT2D eigenvalue weighted by molar-refractivity contribution is 7.89. The Hall–Kier alpha value is -1.87. The Kier molecular flexibility index (Phi) is 6.21.